The Morgan fingerprint density at radius 2 is 2.06 bits per heavy atom. The van der Waals surface area contributed by atoms with E-state index < -0.39 is 0 Å². The number of nitrogens with one attached hydrogen (secondary N) is 1. The SMILES string of the molecule is C=CCC(C)NC(C)c1cc(O)ccc1O. The maximum atomic E-state index is 9.68. The Labute approximate surface area is 96.4 Å². The molecule has 0 aliphatic carbocycles. The van der Waals surface area contributed by atoms with E-state index >= 15 is 0 Å². The Morgan fingerprint density at radius 3 is 2.69 bits per heavy atom. The van der Waals surface area contributed by atoms with Crippen LogP contribution in [0.2, 0.25) is 0 Å². The average Bonchev–Trinajstić information content (AvgIpc) is 2.21. The second-order valence-electron chi connectivity index (χ2n) is 4.06. The zero-order valence-electron chi connectivity index (χ0n) is 9.77. The van der Waals surface area contributed by atoms with Gasteiger partial charge in [-0.2, -0.15) is 0 Å². The van der Waals surface area contributed by atoms with E-state index in [4.69, 9.17) is 0 Å². The largest absolute Gasteiger partial charge is 0.508 e. The number of hydrogen-bond donors (Lipinski definition) is 3. The minimum absolute atomic E-state index is 0.0120. The van der Waals surface area contributed by atoms with Gasteiger partial charge in [0.05, 0.1) is 0 Å². The second kappa shape index (κ2) is 5.56. The molecule has 0 aromatic heterocycles. The van der Waals surface area contributed by atoms with Gasteiger partial charge in [0, 0.05) is 17.6 Å². The molecule has 0 saturated heterocycles. The van der Waals surface area contributed by atoms with E-state index in [1.807, 2.05) is 13.0 Å². The monoisotopic (exact) mass is 221 g/mol. The van der Waals surface area contributed by atoms with Gasteiger partial charge in [-0.25, -0.2) is 0 Å². The van der Waals surface area contributed by atoms with Gasteiger partial charge in [-0.1, -0.05) is 6.08 Å². The summed E-state index contributed by atoms with van der Waals surface area (Å²) in [4.78, 5) is 0. The summed E-state index contributed by atoms with van der Waals surface area (Å²) < 4.78 is 0. The fourth-order valence-corrected chi connectivity index (χ4v) is 1.72. The van der Waals surface area contributed by atoms with Crippen LogP contribution < -0.4 is 5.32 Å². The van der Waals surface area contributed by atoms with Crippen molar-refractivity contribution in [3.63, 3.8) is 0 Å². The molecular weight excluding hydrogens is 202 g/mol. The summed E-state index contributed by atoms with van der Waals surface area (Å²) >= 11 is 0. The molecule has 3 nitrogen and oxygen atoms in total. The van der Waals surface area contributed by atoms with Crippen LogP contribution in [0.15, 0.2) is 30.9 Å². The van der Waals surface area contributed by atoms with Gasteiger partial charge in [0.25, 0.3) is 0 Å². The van der Waals surface area contributed by atoms with Crippen LogP contribution in [0.1, 0.15) is 31.9 Å². The van der Waals surface area contributed by atoms with Crippen LogP contribution in [0.25, 0.3) is 0 Å². The van der Waals surface area contributed by atoms with Crippen LogP contribution in [0.4, 0.5) is 0 Å². The maximum Gasteiger partial charge on any atom is 0.120 e. The minimum Gasteiger partial charge on any atom is -0.508 e. The van der Waals surface area contributed by atoms with Gasteiger partial charge in [0.15, 0.2) is 0 Å². The van der Waals surface area contributed by atoms with E-state index in [9.17, 15) is 10.2 Å². The van der Waals surface area contributed by atoms with Crippen molar-refractivity contribution in [2.75, 3.05) is 0 Å². The number of benzene rings is 1. The summed E-state index contributed by atoms with van der Waals surface area (Å²) in [6.07, 6.45) is 2.72. The minimum atomic E-state index is -0.0120. The topological polar surface area (TPSA) is 52.5 Å². The van der Waals surface area contributed by atoms with Crippen LogP contribution >= 0.6 is 0 Å². The van der Waals surface area contributed by atoms with Gasteiger partial charge in [0.2, 0.25) is 0 Å². The molecule has 1 rings (SSSR count). The van der Waals surface area contributed by atoms with E-state index in [1.165, 1.54) is 12.1 Å². The quantitative estimate of drug-likeness (QED) is 0.529. The third-order valence-electron chi connectivity index (χ3n) is 2.53. The van der Waals surface area contributed by atoms with E-state index in [1.54, 1.807) is 6.07 Å². The molecule has 16 heavy (non-hydrogen) atoms. The first-order valence-electron chi connectivity index (χ1n) is 5.43. The van der Waals surface area contributed by atoms with Crippen LogP contribution in [0.5, 0.6) is 11.5 Å². The first kappa shape index (κ1) is 12.6. The van der Waals surface area contributed by atoms with Crippen LogP contribution in [0.3, 0.4) is 0 Å². The molecule has 0 heterocycles. The summed E-state index contributed by atoms with van der Waals surface area (Å²) in [5.41, 5.74) is 0.705. The van der Waals surface area contributed by atoms with Gasteiger partial charge in [-0.05, 0) is 38.5 Å². The van der Waals surface area contributed by atoms with E-state index in [2.05, 4.69) is 18.8 Å². The van der Waals surface area contributed by atoms with E-state index in [0.29, 0.717) is 5.56 Å². The van der Waals surface area contributed by atoms with Crippen LogP contribution in [-0.2, 0) is 0 Å². The van der Waals surface area contributed by atoms with Crippen LogP contribution in [0, 0.1) is 0 Å². The van der Waals surface area contributed by atoms with Crippen molar-refractivity contribution in [1.82, 2.24) is 5.32 Å². The normalized spacial score (nSPS) is 14.4. The smallest absolute Gasteiger partial charge is 0.120 e. The lowest BCUT2D eigenvalue weighted by Crippen LogP contribution is -2.28. The third kappa shape index (κ3) is 3.28. The van der Waals surface area contributed by atoms with Crippen molar-refractivity contribution in [1.29, 1.82) is 0 Å². The predicted molar refractivity (Wildman–Crippen MR) is 65.6 cm³/mol. The third-order valence-corrected chi connectivity index (χ3v) is 2.53. The lowest BCUT2D eigenvalue weighted by Gasteiger charge is -2.20. The molecule has 2 atom stereocenters. The van der Waals surface area contributed by atoms with Gasteiger partial charge in [0.1, 0.15) is 11.5 Å². The molecule has 3 heteroatoms. The van der Waals surface area contributed by atoms with Crippen molar-refractivity contribution in [3.05, 3.63) is 36.4 Å². The molecule has 0 amide bonds. The lowest BCUT2D eigenvalue weighted by atomic mass is 10.1. The predicted octanol–water partition coefficient (Wildman–Crippen LogP) is 2.71. The highest BCUT2D eigenvalue weighted by Crippen LogP contribution is 2.28. The number of hydrogen-bond acceptors (Lipinski definition) is 3. The highest BCUT2D eigenvalue weighted by atomic mass is 16.3. The van der Waals surface area contributed by atoms with Gasteiger partial charge in [-0.15, -0.1) is 6.58 Å². The Balaban J connectivity index is 2.75. The lowest BCUT2D eigenvalue weighted by molar-refractivity contribution is 0.427. The number of phenolic OH excluding ortho intramolecular Hbond substituents is 2. The van der Waals surface area contributed by atoms with E-state index in [0.717, 1.165) is 6.42 Å². The molecule has 0 aliphatic rings. The van der Waals surface area contributed by atoms with Crippen molar-refractivity contribution in [2.45, 2.75) is 32.4 Å². The zero-order chi connectivity index (χ0) is 12.1. The summed E-state index contributed by atoms with van der Waals surface area (Å²) in [7, 11) is 0. The Morgan fingerprint density at radius 1 is 1.38 bits per heavy atom. The molecule has 0 aliphatic heterocycles. The first-order chi connectivity index (χ1) is 7.54. The molecule has 1 aromatic rings. The standard InChI is InChI=1S/C13H19NO2/c1-4-5-9(2)14-10(3)12-8-11(15)6-7-13(12)16/h4,6-10,14-16H,1,5H2,2-3H3. The summed E-state index contributed by atoms with van der Waals surface area (Å²) in [6, 6.07) is 4.82. The van der Waals surface area contributed by atoms with Crippen molar-refractivity contribution < 1.29 is 10.2 Å². The van der Waals surface area contributed by atoms with Crippen molar-refractivity contribution in [3.8, 4) is 11.5 Å². The summed E-state index contributed by atoms with van der Waals surface area (Å²) in [5, 5.41) is 22.4. The molecule has 0 fully saturated rings. The van der Waals surface area contributed by atoms with Crippen LogP contribution in [-0.4, -0.2) is 16.3 Å². The summed E-state index contributed by atoms with van der Waals surface area (Å²) in [5.74, 6) is 0.362. The zero-order valence-corrected chi connectivity index (χ0v) is 9.77. The Bertz CT molecular complexity index is 363. The van der Waals surface area contributed by atoms with Crippen molar-refractivity contribution in [2.24, 2.45) is 0 Å². The first-order valence-corrected chi connectivity index (χ1v) is 5.43. The number of rotatable bonds is 5. The summed E-state index contributed by atoms with van der Waals surface area (Å²) in [6.45, 7) is 7.69. The molecule has 3 N–H and O–H groups in total. The molecule has 1 aromatic carbocycles. The fraction of sp³-hybridized carbons (Fsp3) is 0.385. The molecular formula is C13H19NO2. The fourth-order valence-electron chi connectivity index (χ4n) is 1.72. The van der Waals surface area contributed by atoms with Crippen molar-refractivity contribution >= 4 is 0 Å². The maximum absolute atomic E-state index is 9.68. The Kier molecular flexibility index (Phi) is 4.38. The molecule has 0 spiro atoms. The molecule has 0 bridgehead atoms. The van der Waals surface area contributed by atoms with Gasteiger partial charge < -0.3 is 15.5 Å². The van der Waals surface area contributed by atoms with Gasteiger partial charge in [-0.3, -0.25) is 0 Å². The Hall–Kier alpha value is -1.48. The van der Waals surface area contributed by atoms with Gasteiger partial charge >= 0.3 is 0 Å². The molecule has 0 saturated carbocycles. The molecule has 88 valence electrons. The number of phenols is 2. The average molecular weight is 221 g/mol. The number of aromatic hydroxyl groups is 2. The molecule has 2 unspecified atom stereocenters. The second-order valence-corrected chi connectivity index (χ2v) is 4.06. The molecule has 0 radical (unpaired) electrons. The highest BCUT2D eigenvalue weighted by molar-refractivity contribution is 5.40. The van der Waals surface area contributed by atoms with E-state index in [-0.39, 0.29) is 23.6 Å². The highest BCUT2D eigenvalue weighted by Gasteiger charge is 2.12.